The minimum atomic E-state index is -4.20. The van der Waals surface area contributed by atoms with E-state index in [-0.39, 0.29) is 29.8 Å². The van der Waals surface area contributed by atoms with E-state index in [1.54, 1.807) is 24.3 Å². The highest BCUT2D eigenvalue weighted by molar-refractivity contribution is 9.10. The molecule has 0 spiro atoms. The van der Waals surface area contributed by atoms with Crippen LogP contribution in [0.1, 0.15) is 37.0 Å². The molecule has 7 nitrogen and oxygen atoms in total. The van der Waals surface area contributed by atoms with Gasteiger partial charge in [0.25, 0.3) is 10.0 Å². The third-order valence-electron chi connectivity index (χ3n) is 7.52. The lowest BCUT2D eigenvalue weighted by atomic mass is 10.0. The van der Waals surface area contributed by atoms with Crippen LogP contribution in [0.15, 0.2) is 112 Å². The van der Waals surface area contributed by atoms with Crippen molar-refractivity contribution >= 4 is 55.1 Å². The molecule has 236 valence electrons. The lowest BCUT2D eigenvalue weighted by Crippen LogP contribution is -2.54. The molecular weight excluding hydrogens is 674 g/mol. The van der Waals surface area contributed by atoms with E-state index in [4.69, 9.17) is 11.6 Å². The topological polar surface area (TPSA) is 86.8 Å². The summed E-state index contributed by atoms with van der Waals surface area (Å²) in [6.45, 7) is 5.35. The van der Waals surface area contributed by atoms with Gasteiger partial charge in [-0.25, -0.2) is 8.42 Å². The van der Waals surface area contributed by atoms with Crippen LogP contribution in [0.25, 0.3) is 0 Å². The van der Waals surface area contributed by atoms with Gasteiger partial charge < -0.3 is 10.2 Å². The summed E-state index contributed by atoms with van der Waals surface area (Å²) in [6, 6.07) is 28.7. The first-order valence-corrected chi connectivity index (χ1v) is 17.3. The zero-order chi connectivity index (χ0) is 32.6. The van der Waals surface area contributed by atoms with Crippen LogP contribution in [0.2, 0.25) is 5.02 Å². The number of sulfonamides is 1. The van der Waals surface area contributed by atoms with E-state index in [1.807, 2.05) is 75.4 Å². The Labute approximate surface area is 279 Å². The second-order valence-corrected chi connectivity index (χ2v) is 14.2. The van der Waals surface area contributed by atoms with Crippen molar-refractivity contribution in [2.24, 2.45) is 0 Å². The number of anilines is 1. The van der Waals surface area contributed by atoms with Crippen molar-refractivity contribution in [2.45, 2.75) is 57.1 Å². The fourth-order valence-corrected chi connectivity index (χ4v) is 6.79. The molecule has 10 heteroatoms. The van der Waals surface area contributed by atoms with E-state index >= 15 is 0 Å². The number of carbonyl (C=O) groups excluding carboxylic acids is 2. The molecule has 0 aliphatic heterocycles. The number of halogens is 2. The molecule has 0 heterocycles. The first-order valence-electron chi connectivity index (χ1n) is 14.7. The zero-order valence-electron chi connectivity index (χ0n) is 25.5. The molecule has 0 saturated heterocycles. The quantitative estimate of drug-likeness (QED) is 0.160. The van der Waals surface area contributed by atoms with E-state index in [2.05, 4.69) is 21.2 Å². The molecule has 0 radical (unpaired) electrons. The van der Waals surface area contributed by atoms with Crippen LogP contribution in [0.3, 0.4) is 0 Å². The van der Waals surface area contributed by atoms with E-state index in [1.165, 1.54) is 29.2 Å². The highest BCUT2D eigenvalue weighted by Gasteiger charge is 2.35. The smallest absolute Gasteiger partial charge is 0.264 e. The van der Waals surface area contributed by atoms with Gasteiger partial charge in [-0.1, -0.05) is 94.6 Å². The fraction of sp³-hybridized carbons (Fsp3) is 0.257. The molecule has 2 amide bonds. The van der Waals surface area contributed by atoms with Crippen molar-refractivity contribution in [2.75, 3.05) is 10.8 Å². The number of aryl methyl sites for hydroxylation is 1. The molecule has 4 aromatic carbocycles. The Hall–Kier alpha value is -3.66. The standard InChI is InChI=1S/C35H37BrClN3O4S/c1-4-26(3)38-35(42)33(22-27-9-6-5-7-10-27)39(23-28-11-8-12-29(36)21-28)34(41)24-40(31-17-13-25(2)14-18-31)45(43,44)32-19-15-30(37)16-20-32/h5-21,26,33H,4,22-24H2,1-3H3,(H,38,42)/t26-,33-/m1/s1. The largest absolute Gasteiger partial charge is 0.352 e. The molecule has 0 fully saturated rings. The third kappa shape index (κ3) is 9.19. The minimum absolute atomic E-state index is 0.00540. The van der Waals surface area contributed by atoms with Crippen molar-refractivity contribution in [3.63, 3.8) is 0 Å². The van der Waals surface area contributed by atoms with Crippen molar-refractivity contribution in [3.05, 3.63) is 129 Å². The van der Waals surface area contributed by atoms with E-state index < -0.39 is 28.5 Å². The third-order valence-corrected chi connectivity index (χ3v) is 10.0. The first kappa shape index (κ1) is 34.2. The second-order valence-electron chi connectivity index (χ2n) is 11.0. The van der Waals surface area contributed by atoms with Gasteiger partial charge in [0, 0.05) is 28.5 Å². The SMILES string of the molecule is CC[C@@H](C)NC(=O)[C@@H](Cc1ccccc1)N(Cc1cccc(Br)c1)C(=O)CN(c1ccc(C)cc1)S(=O)(=O)c1ccc(Cl)cc1. The Balaban J connectivity index is 1.80. The Morgan fingerprint density at radius 3 is 2.16 bits per heavy atom. The lowest BCUT2D eigenvalue weighted by Gasteiger charge is -2.34. The Morgan fingerprint density at radius 1 is 0.889 bits per heavy atom. The van der Waals surface area contributed by atoms with Gasteiger partial charge in [-0.3, -0.25) is 13.9 Å². The molecule has 4 aromatic rings. The maximum atomic E-state index is 14.5. The predicted molar refractivity (Wildman–Crippen MR) is 184 cm³/mol. The van der Waals surface area contributed by atoms with Gasteiger partial charge in [-0.15, -0.1) is 0 Å². The second kappa shape index (κ2) is 15.6. The van der Waals surface area contributed by atoms with Crippen LogP contribution < -0.4 is 9.62 Å². The van der Waals surface area contributed by atoms with E-state index in [9.17, 15) is 18.0 Å². The highest BCUT2D eigenvalue weighted by Crippen LogP contribution is 2.26. The summed E-state index contributed by atoms with van der Waals surface area (Å²) in [5.41, 5.74) is 2.93. The molecule has 0 aliphatic carbocycles. The summed E-state index contributed by atoms with van der Waals surface area (Å²) in [7, 11) is -4.20. The van der Waals surface area contributed by atoms with Crippen LogP contribution >= 0.6 is 27.5 Å². The normalized spacial score (nSPS) is 12.6. The van der Waals surface area contributed by atoms with Crippen LogP contribution in [0, 0.1) is 6.92 Å². The zero-order valence-corrected chi connectivity index (χ0v) is 28.6. The minimum Gasteiger partial charge on any atom is -0.352 e. The maximum absolute atomic E-state index is 14.5. The van der Waals surface area contributed by atoms with Crippen LogP contribution in [0.5, 0.6) is 0 Å². The molecule has 1 N–H and O–H groups in total. The first-order chi connectivity index (χ1) is 21.5. The van der Waals surface area contributed by atoms with Gasteiger partial charge in [0.15, 0.2) is 0 Å². The average Bonchev–Trinajstić information content (AvgIpc) is 3.02. The van der Waals surface area contributed by atoms with Crippen molar-refractivity contribution in [1.29, 1.82) is 0 Å². The number of hydrogen-bond acceptors (Lipinski definition) is 4. The molecule has 0 saturated carbocycles. The van der Waals surface area contributed by atoms with Crippen LogP contribution in [-0.2, 0) is 32.6 Å². The summed E-state index contributed by atoms with van der Waals surface area (Å²) in [5.74, 6) is -0.827. The number of benzene rings is 4. The molecule has 0 bridgehead atoms. The summed E-state index contributed by atoms with van der Waals surface area (Å²) >= 11 is 9.56. The molecular formula is C35H37BrClN3O4S. The Kier molecular flexibility index (Phi) is 11.8. The van der Waals surface area contributed by atoms with E-state index in [0.29, 0.717) is 17.1 Å². The maximum Gasteiger partial charge on any atom is 0.264 e. The summed E-state index contributed by atoms with van der Waals surface area (Å²) in [5, 5.41) is 3.44. The van der Waals surface area contributed by atoms with Gasteiger partial charge >= 0.3 is 0 Å². The van der Waals surface area contributed by atoms with Gasteiger partial charge in [0.1, 0.15) is 12.6 Å². The Bertz CT molecular complexity index is 1700. The number of carbonyl (C=O) groups is 2. The molecule has 0 aromatic heterocycles. The highest BCUT2D eigenvalue weighted by atomic mass is 79.9. The van der Waals surface area contributed by atoms with Gasteiger partial charge in [-0.05, 0) is 79.9 Å². The number of rotatable bonds is 13. The van der Waals surface area contributed by atoms with Crippen LogP contribution in [-0.4, -0.2) is 43.8 Å². The summed E-state index contributed by atoms with van der Waals surface area (Å²) in [6.07, 6.45) is 0.960. The molecule has 45 heavy (non-hydrogen) atoms. The average molecular weight is 711 g/mol. The van der Waals surface area contributed by atoms with Crippen molar-refractivity contribution < 1.29 is 18.0 Å². The number of nitrogens with one attached hydrogen (secondary N) is 1. The van der Waals surface area contributed by atoms with Crippen LogP contribution in [0.4, 0.5) is 5.69 Å². The summed E-state index contributed by atoms with van der Waals surface area (Å²) in [4.78, 5) is 29.9. The Morgan fingerprint density at radius 2 is 1.53 bits per heavy atom. The molecule has 0 aliphatic rings. The van der Waals surface area contributed by atoms with Gasteiger partial charge in [-0.2, -0.15) is 0 Å². The lowest BCUT2D eigenvalue weighted by molar-refractivity contribution is -0.140. The number of nitrogens with zero attached hydrogens (tertiary/aromatic N) is 2. The summed E-state index contributed by atoms with van der Waals surface area (Å²) < 4.78 is 30.1. The molecule has 2 atom stereocenters. The van der Waals surface area contributed by atoms with Crippen molar-refractivity contribution in [1.82, 2.24) is 10.2 Å². The van der Waals surface area contributed by atoms with Gasteiger partial charge in [0.2, 0.25) is 11.8 Å². The molecule has 0 unspecified atom stereocenters. The fourth-order valence-electron chi connectivity index (χ4n) is 4.80. The number of hydrogen-bond donors (Lipinski definition) is 1. The number of amides is 2. The van der Waals surface area contributed by atoms with Gasteiger partial charge in [0.05, 0.1) is 10.6 Å². The predicted octanol–water partition coefficient (Wildman–Crippen LogP) is 7.16. The van der Waals surface area contributed by atoms with Crippen molar-refractivity contribution in [3.8, 4) is 0 Å². The molecule has 4 rings (SSSR count). The monoisotopic (exact) mass is 709 g/mol. The van der Waals surface area contributed by atoms with E-state index in [0.717, 1.165) is 25.5 Å².